The molecule has 2 aromatic rings. The molecular weight excluding hydrogens is 350 g/mol. The Bertz CT molecular complexity index is 956. The summed E-state index contributed by atoms with van der Waals surface area (Å²) in [6, 6.07) is 7.23. The predicted octanol–water partition coefficient (Wildman–Crippen LogP) is 0.805. The second-order valence-corrected chi connectivity index (χ2v) is 7.30. The summed E-state index contributed by atoms with van der Waals surface area (Å²) in [6.45, 7) is 1.25. The Morgan fingerprint density at radius 1 is 1.37 bits per heavy atom. The van der Waals surface area contributed by atoms with E-state index in [2.05, 4.69) is 9.97 Å². The molecule has 0 aliphatic carbocycles. The fourth-order valence-corrected chi connectivity index (χ4v) is 4.10. The van der Waals surface area contributed by atoms with E-state index in [1.54, 1.807) is 17.0 Å². The lowest BCUT2D eigenvalue weighted by Crippen LogP contribution is -2.46. The van der Waals surface area contributed by atoms with Crippen molar-refractivity contribution in [1.29, 1.82) is 0 Å². The van der Waals surface area contributed by atoms with Gasteiger partial charge in [0.1, 0.15) is 11.1 Å². The Kier molecular flexibility index (Phi) is 4.43. The van der Waals surface area contributed by atoms with Gasteiger partial charge in [-0.1, -0.05) is 12.1 Å². The van der Waals surface area contributed by atoms with Gasteiger partial charge in [0.15, 0.2) is 0 Å². The lowest BCUT2D eigenvalue weighted by molar-refractivity contribution is -0.159. The first-order chi connectivity index (χ1) is 13.0. The molecule has 142 valence electrons. The number of para-hydroxylation sites is 2. The third-order valence-corrected chi connectivity index (χ3v) is 5.69. The summed E-state index contributed by atoms with van der Waals surface area (Å²) >= 11 is 0. The van der Waals surface area contributed by atoms with Crippen LogP contribution in [0.5, 0.6) is 0 Å². The van der Waals surface area contributed by atoms with E-state index in [1.165, 1.54) is 0 Å². The van der Waals surface area contributed by atoms with Gasteiger partial charge in [-0.05, 0) is 24.5 Å². The molecule has 4 rings (SSSR count). The number of nitrogens with one attached hydrogen (secondary N) is 1. The number of rotatable bonds is 4. The number of nitrogens with zero attached hydrogens (tertiary/aromatic N) is 2. The predicted molar refractivity (Wildman–Crippen MR) is 96.3 cm³/mol. The SMILES string of the molecule is O=C(CCc1nc2ccccc2[nH]c1=O)N1C[C@@H]2CCOC[C@]2(C(=O)O)C1. The smallest absolute Gasteiger partial charge is 0.314 e. The van der Waals surface area contributed by atoms with Crippen molar-refractivity contribution >= 4 is 22.9 Å². The highest BCUT2D eigenvalue weighted by molar-refractivity contribution is 5.81. The fourth-order valence-electron chi connectivity index (χ4n) is 4.10. The van der Waals surface area contributed by atoms with Gasteiger partial charge in [-0.2, -0.15) is 0 Å². The average molecular weight is 371 g/mol. The van der Waals surface area contributed by atoms with Crippen LogP contribution in [0.4, 0.5) is 0 Å². The molecule has 1 amide bonds. The third-order valence-electron chi connectivity index (χ3n) is 5.69. The number of hydrogen-bond acceptors (Lipinski definition) is 5. The molecule has 27 heavy (non-hydrogen) atoms. The minimum atomic E-state index is -1.01. The molecule has 2 saturated heterocycles. The van der Waals surface area contributed by atoms with Crippen LogP contribution in [0.25, 0.3) is 11.0 Å². The van der Waals surface area contributed by atoms with Gasteiger partial charge in [0.25, 0.3) is 5.56 Å². The standard InChI is InChI=1S/C19H21N3O5/c23-16(22-9-12-7-8-27-11-19(12,10-22)18(25)26)6-5-15-17(24)21-14-4-2-1-3-13(14)20-15/h1-4,12H,5-11H2,(H,21,24)(H,25,26)/t12-,19+/m0/s1. The van der Waals surface area contributed by atoms with Crippen molar-refractivity contribution in [3.05, 3.63) is 40.3 Å². The van der Waals surface area contributed by atoms with Gasteiger partial charge < -0.3 is 19.7 Å². The molecule has 2 aliphatic rings. The third kappa shape index (κ3) is 3.10. The van der Waals surface area contributed by atoms with Crippen LogP contribution in [0.2, 0.25) is 0 Å². The number of aromatic nitrogens is 2. The van der Waals surface area contributed by atoms with E-state index in [1.807, 2.05) is 12.1 Å². The monoisotopic (exact) mass is 371 g/mol. The van der Waals surface area contributed by atoms with Gasteiger partial charge >= 0.3 is 5.97 Å². The highest BCUT2D eigenvalue weighted by atomic mass is 16.5. The van der Waals surface area contributed by atoms with E-state index in [0.717, 1.165) is 0 Å². The molecule has 0 unspecified atom stereocenters. The van der Waals surface area contributed by atoms with E-state index in [4.69, 9.17) is 4.74 Å². The summed E-state index contributed by atoms with van der Waals surface area (Å²) in [5.41, 5.74) is 0.340. The van der Waals surface area contributed by atoms with Crippen LogP contribution < -0.4 is 5.56 Å². The molecule has 8 nitrogen and oxygen atoms in total. The summed E-state index contributed by atoms with van der Waals surface area (Å²) in [6.07, 6.45) is 0.983. The summed E-state index contributed by atoms with van der Waals surface area (Å²) in [7, 11) is 0. The molecule has 1 aromatic carbocycles. The summed E-state index contributed by atoms with van der Waals surface area (Å²) in [4.78, 5) is 45.4. The minimum absolute atomic E-state index is 0.0881. The molecule has 0 radical (unpaired) electrons. The molecule has 8 heteroatoms. The number of aromatic amines is 1. The van der Waals surface area contributed by atoms with Crippen molar-refractivity contribution in [3.63, 3.8) is 0 Å². The summed E-state index contributed by atoms with van der Waals surface area (Å²) in [5.74, 6) is -1.15. The number of aliphatic carboxylic acids is 1. The first-order valence-corrected chi connectivity index (χ1v) is 9.06. The van der Waals surface area contributed by atoms with E-state index in [0.29, 0.717) is 36.3 Å². The number of carbonyl (C=O) groups excluding carboxylic acids is 1. The number of hydrogen-bond donors (Lipinski definition) is 2. The van der Waals surface area contributed by atoms with E-state index >= 15 is 0 Å². The van der Waals surface area contributed by atoms with Gasteiger partial charge in [0.05, 0.1) is 17.6 Å². The largest absolute Gasteiger partial charge is 0.481 e. The maximum Gasteiger partial charge on any atom is 0.314 e. The average Bonchev–Trinajstić information content (AvgIpc) is 3.07. The number of carbonyl (C=O) groups is 2. The Hall–Kier alpha value is -2.74. The van der Waals surface area contributed by atoms with Crippen molar-refractivity contribution in [1.82, 2.24) is 14.9 Å². The molecular formula is C19H21N3O5. The minimum Gasteiger partial charge on any atom is -0.481 e. The Balaban J connectivity index is 1.47. The highest BCUT2D eigenvalue weighted by Gasteiger charge is 2.55. The molecule has 0 spiro atoms. The van der Waals surface area contributed by atoms with Crippen molar-refractivity contribution in [2.45, 2.75) is 19.3 Å². The van der Waals surface area contributed by atoms with Crippen LogP contribution in [-0.2, 0) is 20.7 Å². The summed E-state index contributed by atoms with van der Waals surface area (Å²) in [5, 5.41) is 9.67. The maximum atomic E-state index is 12.7. The van der Waals surface area contributed by atoms with E-state index in [-0.39, 0.29) is 43.4 Å². The Morgan fingerprint density at radius 2 is 2.19 bits per heavy atom. The number of ether oxygens (including phenoxy) is 1. The number of likely N-dealkylation sites (tertiary alicyclic amines) is 1. The zero-order chi connectivity index (χ0) is 19.0. The number of amides is 1. The van der Waals surface area contributed by atoms with Crippen molar-refractivity contribution in [3.8, 4) is 0 Å². The van der Waals surface area contributed by atoms with Crippen LogP contribution in [0.1, 0.15) is 18.5 Å². The number of aryl methyl sites for hydroxylation is 1. The first-order valence-electron chi connectivity index (χ1n) is 9.06. The van der Waals surface area contributed by atoms with Crippen molar-refractivity contribution in [2.24, 2.45) is 11.3 Å². The molecule has 2 fully saturated rings. The topological polar surface area (TPSA) is 113 Å². The first kappa shape index (κ1) is 17.7. The van der Waals surface area contributed by atoms with Crippen molar-refractivity contribution in [2.75, 3.05) is 26.3 Å². The summed E-state index contributed by atoms with van der Waals surface area (Å²) < 4.78 is 5.39. The zero-order valence-electron chi connectivity index (χ0n) is 14.8. The van der Waals surface area contributed by atoms with Crippen LogP contribution in [-0.4, -0.2) is 58.2 Å². The molecule has 2 N–H and O–H groups in total. The quantitative estimate of drug-likeness (QED) is 0.822. The van der Waals surface area contributed by atoms with Crippen LogP contribution >= 0.6 is 0 Å². The molecule has 0 bridgehead atoms. The molecule has 0 saturated carbocycles. The van der Waals surface area contributed by atoms with Gasteiger partial charge in [-0.25, -0.2) is 4.98 Å². The molecule has 3 heterocycles. The van der Waals surface area contributed by atoms with Crippen LogP contribution in [0.3, 0.4) is 0 Å². The Morgan fingerprint density at radius 3 is 2.96 bits per heavy atom. The van der Waals surface area contributed by atoms with E-state index < -0.39 is 11.4 Å². The Labute approximate surface area is 155 Å². The number of benzene rings is 1. The van der Waals surface area contributed by atoms with Gasteiger partial charge in [-0.15, -0.1) is 0 Å². The number of H-pyrrole nitrogens is 1. The highest BCUT2D eigenvalue weighted by Crippen LogP contribution is 2.41. The maximum absolute atomic E-state index is 12.7. The normalized spacial score (nSPS) is 24.7. The fraction of sp³-hybridized carbons (Fsp3) is 0.474. The van der Waals surface area contributed by atoms with Gasteiger partial charge in [0, 0.05) is 32.5 Å². The van der Waals surface area contributed by atoms with Crippen LogP contribution in [0, 0.1) is 11.3 Å². The second-order valence-electron chi connectivity index (χ2n) is 7.30. The lowest BCUT2D eigenvalue weighted by Gasteiger charge is -2.33. The van der Waals surface area contributed by atoms with Crippen LogP contribution in [0.15, 0.2) is 29.1 Å². The van der Waals surface area contributed by atoms with E-state index in [9.17, 15) is 19.5 Å². The van der Waals surface area contributed by atoms with Gasteiger partial charge in [-0.3, -0.25) is 14.4 Å². The number of carboxylic acid groups (broad SMARTS) is 1. The van der Waals surface area contributed by atoms with Gasteiger partial charge in [0.2, 0.25) is 5.91 Å². The van der Waals surface area contributed by atoms with Crippen molar-refractivity contribution < 1.29 is 19.4 Å². The molecule has 2 aliphatic heterocycles. The zero-order valence-corrected chi connectivity index (χ0v) is 14.8. The lowest BCUT2D eigenvalue weighted by atomic mass is 9.76. The molecule has 2 atom stereocenters. The number of carboxylic acids is 1. The second kappa shape index (κ2) is 6.77. The number of fused-ring (bicyclic) bond motifs is 2. The molecule has 1 aromatic heterocycles.